The number of unbranched alkanes of at least 4 members (excludes halogenated alkanes) is 4. The second kappa shape index (κ2) is 19.4. The van der Waals surface area contributed by atoms with Crippen molar-refractivity contribution in [1.29, 1.82) is 0 Å². The van der Waals surface area contributed by atoms with E-state index in [9.17, 15) is 38.4 Å². The number of oxazole rings is 1. The number of pyridine rings is 1. The molecule has 2 aliphatic rings. The highest BCUT2D eigenvalue weighted by Gasteiger charge is 2.46. The van der Waals surface area contributed by atoms with Gasteiger partial charge in [-0.3, -0.25) is 53.6 Å². The number of ketones is 2. The highest BCUT2D eigenvalue weighted by atomic mass is 16.5. The Morgan fingerprint density at radius 3 is 2.46 bits per heavy atom. The first-order valence-corrected chi connectivity index (χ1v) is 20.7. The molecule has 0 bridgehead atoms. The molecule has 2 aliphatic heterocycles. The molecular formula is C45H44N8O10. The van der Waals surface area contributed by atoms with Crippen molar-refractivity contribution in [2.45, 2.75) is 83.6 Å². The number of aromatic nitrogens is 4. The Labute approximate surface area is 360 Å². The van der Waals surface area contributed by atoms with Gasteiger partial charge in [0.1, 0.15) is 24.7 Å². The van der Waals surface area contributed by atoms with E-state index in [1.807, 2.05) is 13.0 Å². The maximum Gasteiger partial charge on any atom is 0.277 e. The van der Waals surface area contributed by atoms with E-state index in [1.54, 1.807) is 36.5 Å². The van der Waals surface area contributed by atoms with Crippen LogP contribution in [0.5, 0.6) is 5.75 Å². The molecule has 0 aliphatic carbocycles. The fourth-order valence-electron chi connectivity index (χ4n) is 7.40. The number of benzene rings is 2. The number of nitrogens with two attached hydrogens (primary N) is 1. The summed E-state index contributed by atoms with van der Waals surface area (Å²) in [5.74, 6) is -3.96. The number of nitrogens with one attached hydrogen (secondary N) is 2. The lowest BCUT2D eigenvalue weighted by Crippen LogP contribution is -2.54. The molecule has 1 atom stereocenters. The number of Topliss-reactive ketones (excluding diaryl/α,β-unsaturated/α-hetero) is 2. The molecule has 324 valence electrons. The number of rotatable bonds is 20. The van der Waals surface area contributed by atoms with Gasteiger partial charge in [0, 0.05) is 42.3 Å². The number of nitrogens with zero attached hydrogens (tertiary/aromatic N) is 5. The lowest BCUT2D eigenvalue weighted by molar-refractivity contribution is -0.136. The predicted molar refractivity (Wildman–Crippen MR) is 224 cm³/mol. The quantitative estimate of drug-likeness (QED) is 0.0518. The fourth-order valence-corrected chi connectivity index (χ4v) is 7.40. The normalized spacial score (nSPS) is 14.7. The summed E-state index contributed by atoms with van der Waals surface area (Å²) >= 11 is 0. The van der Waals surface area contributed by atoms with Crippen LogP contribution >= 0.6 is 0 Å². The Balaban J connectivity index is 0.829. The van der Waals surface area contributed by atoms with Crippen molar-refractivity contribution < 1.29 is 47.5 Å². The Morgan fingerprint density at radius 2 is 1.71 bits per heavy atom. The zero-order valence-corrected chi connectivity index (χ0v) is 34.4. The molecule has 5 heterocycles. The van der Waals surface area contributed by atoms with Gasteiger partial charge in [-0.1, -0.05) is 38.7 Å². The predicted octanol–water partition coefficient (Wildman–Crippen LogP) is 5.19. The summed E-state index contributed by atoms with van der Waals surface area (Å²) in [6.07, 6.45) is 10.2. The van der Waals surface area contributed by atoms with Crippen molar-refractivity contribution in [3.63, 3.8) is 0 Å². The number of primary amides is 1. The van der Waals surface area contributed by atoms with Crippen LogP contribution in [0.1, 0.15) is 129 Å². The second-order valence-corrected chi connectivity index (χ2v) is 15.2. The van der Waals surface area contributed by atoms with Gasteiger partial charge in [0.15, 0.2) is 23.0 Å². The van der Waals surface area contributed by atoms with E-state index in [2.05, 4.69) is 25.7 Å². The van der Waals surface area contributed by atoms with E-state index in [0.29, 0.717) is 36.1 Å². The summed E-state index contributed by atoms with van der Waals surface area (Å²) in [6, 6.07) is 13.6. The van der Waals surface area contributed by atoms with Crippen LogP contribution in [0.15, 0.2) is 77.7 Å². The average Bonchev–Trinajstić information content (AvgIpc) is 4.00. The van der Waals surface area contributed by atoms with E-state index in [1.165, 1.54) is 35.3 Å². The summed E-state index contributed by atoms with van der Waals surface area (Å²) in [5, 5.41) is 9.05. The van der Waals surface area contributed by atoms with Gasteiger partial charge >= 0.3 is 0 Å². The molecule has 1 fully saturated rings. The Hall–Kier alpha value is -7.63. The first kappa shape index (κ1) is 43.5. The van der Waals surface area contributed by atoms with Gasteiger partial charge in [0.2, 0.25) is 17.7 Å². The third kappa shape index (κ3) is 9.96. The van der Waals surface area contributed by atoms with E-state index < -0.39 is 41.5 Å². The third-order valence-electron chi connectivity index (χ3n) is 10.6. The number of carbonyl (C=O) groups is 8. The van der Waals surface area contributed by atoms with Crippen molar-refractivity contribution in [2.24, 2.45) is 5.73 Å². The number of amides is 6. The van der Waals surface area contributed by atoms with E-state index in [0.717, 1.165) is 42.7 Å². The molecule has 18 nitrogen and oxygen atoms in total. The standard InChI is InChI=1S/C45H44N8O10/c1-2-9-28-22-27(20-21-47-28)43-49-33(25-63-43)41(58)48-32-23-52(51-39(32)40(46)57)29-16-14-26(15-17-29)35(55)12-7-5-3-4-6-10-30(54)24-62-36-13-8-11-31-38(36)45(61)53(44(31)60)34-18-19-37(56)50-42(34)59/h8,11,13-17,20-23,25,34H,2-7,9-10,12,18-19,24H2,1H3,(H2,46,57)(H,48,58)(H,50,56,59). The molecule has 3 aromatic heterocycles. The van der Waals surface area contributed by atoms with Gasteiger partial charge in [-0.2, -0.15) is 5.10 Å². The molecule has 1 unspecified atom stereocenters. The Bertz CT molecular complexity index is 2610. The van der Waals surface area contributed by atoms with Gasteiger partial charge in [0.25, 0.3) is 23.6 Å². The van der Waals surface area contributed by atoms with Gasteiger partial charge in [0.05, 0.1) is 28.7 Å². The van der Waals surface area contributed by atoms with E-state index in [4.69, 9.17) is 14.9 Å². The summed E-state index contributed by atoms with van der Waals surface area (Å²) in [5.41, 5.74) is 8.08. The molecule has 63 heavy (non-hydrogen) atoms. The molecule has 18 heteroatoms. The molecule has 7 rings (SSSR count). The van der Waals surface area contributed by atoms with Crippen molar-refractivity contribution >= 4 is 52.7 Å². The van der Waals surface area contributed by atoms with Crippen molar-refractivity contribution in [3.8, 4) is 22.9 Å². The van der Waals surface area contributed by atoms with Crippen LogP contribution in [0.25, 0.3) is 17.1 Å². The molecule has 0 spiro atoms. The summed E-state index contributed by atoms with van der Waals surface area (Å²) < 4.78 is 12.6. The monoisotopic (exact) mass is 856 g/mol. The number of aryl methyl sites for hydroxylation is 1. The lowest BCUT2D eigenvalue weighted by Gasteiger charge is -2.27. The third-order valence-corrected chi connectivity index (χ3v) is 10.6. The maximum atomic E-state index is 13.2. The van der Waals surface area contributed by atoms with Crippen LogP contribution in [0.4, 0.5) is 5.69 Å². The number of imide groups is 2. The minimum absolute atomic E-state index is 0.00255. The van der Waals surface area contributed by atoms with Crippen LogP contribution in [-0.4, -0.2) is 84.3 Å². The fraction of sp³-hybridized carbons (Fsp3) is 0.311. The van der Waals surface area contributed by atoms with Crippen LogP contribution in [0.3, 0.4) is 0 Å². The summed E-state index contributed by atoms with van der Waals surface area (Å²) in [6.45, 7) is 1.75. The largest absolute Gasteiger partial charge is 0.485 e. The summed E-state index contributed by atoms with van der Waals surface area (Å²) in [7, 11) is 0. The van der Waals surface area contributed by atoms with E-state index >= 15 is 0 Å². The van der Waals surface area contributed by atoms with Gasteiger partial charge < -0.3 is 20.2 Å². The van der Waals surface area contributed by atoms with Crippen LogP contribution in [-0.2, 0) is 20.8 Å². The zero-order valence-electron chi connectivity index (χ0n) is 34.4. The zero-order chi connectivity index (χ0) is 44.6. The first-order valence-electron chi connectivity index (χ1n) is 20.7. The van der Waals surface area contributed by atoms with Gasteiger partial charge in [-0.05, 0) is 74.2 Å². The minimum Gasteiger partial charge on any atom is -0.485 e. The van der Waals surface area contributed by atoms with Crippen LogP contribution < -0.4 is 21.1 Å². The smallest absolute Gasteiger partial charge is 0.277 e. The molecule has 0 radical (unpaired) electrons. The Morgan fingerprint density at radius 1 is 0.952 bits per heavy atom. The number of hydrogen-bond donors (Lipinski definition) is 3. The van der Waals surface area contributed by atoms with Crippen LogP contribution in [0, 0.1) is 0 Å². The minimum atomic E-state index is -1.11. The van der Waals surface area contributed by atoms with E-state index in [-0.39, 0.29) is 77.3 Å². The van der Waals surface area contributed by atoms with Gasteiger partial charge in [-0.25, -0.2) is 9.67 Å². The van der Waals surface area contributed by atoms with Crippen LogP contribution in [0.2, 0.25) is 0 Å². The number of hydrogen-bond acceptors (Lipinski definition) is 13. The average molecular weight is 857 g/mol. The molecule has 6 amide bonds. The highest BCUT2D eigenvalue weighted by molar-refractivity contribution is 6.24. The van der Waals surface area contributed by atoms with Crippen molar-refractivity contribution in [1.82, 2.24) is 30.0 Å². The number of fused-ring (bicyclic) bond motifs is 1. The second-order valence-electron chi connectivity index (χ2n) is 15.2. The first-order chi connectivity index (χ1) is 30.4. The molecule has 0 saturated carbocycles. The number of piperidine rings is 1. The van der Waals surface area contributed by atoms with Gasteiger partial charge in [-0.15, -0.1) is 0 Å². The topological polar surface area (TPSA) is 256 Å². The molecule has 2 aromatic carbocycles. The Kier molecular flexibility index (Phi) is 13.4. The highest BCUT2D eigenvalue weighted by Crippen LogP contribution is 2.34. The number of carbonyl (C=O) groups excluding carboxylic acids is 8. The summed E-state index contributed by atoms with van der Waals surface area (Å²) in [4.78, 5) is 111. The number of ether oxygens (including phenoxy) is 1. The molecular weight excluding hydrogens is 813 g/mol. The SMILES string of the molecule is CCCc1cc(-c2nc(C(=O)Nc3cn(-c4ccc(C(=O)CCCCCCCC(=O)COc5cccc6c5C(=O)N(C5CCC(=O)NC5=O)C6=O)cc4)nc3C(N)=O)co2)ccn1. The molecule has 4 N–H and O–H groups in total. The van der Waals surface area contributed by atoms with Crippen molar-refractivity contribution in [2.75, 3.05) is 11.9 Å². The molecule has 5 aromatic rings. The lowest BCUT2D eigenvalue weighted by atomic mass is 10.0. The van der Waals surface area contributed by atoms with Crippen molar-refractivity contribution in [3.05, 3.63) is 107 Å². The maximum absolute atomic E-state index is 13.2. The molecule has 1 saturated heterocycles. The number of anilines is 1.